The average molecular weight is 321 g/mol. The molecule has 21 heavy (non-hydrogen) atoms. The van der Waals surface area contributed by atoms with Crippen molar-refractivity contribution in [2.45, 2.75) is 46.1 Å². The molecule has 1 aliphatic heterocycles. The monoisotopic (exact) mass is 321 g/mol. The predicted octanol–water partition coefficient (Wildman–Crippen LogP) is 0.957. The van der Waals surface area contributed by atoms with Gasteiger partial charge in [0.25, 0.3) is 10.2 Å². The van der Waals surface area contributed by atoms with Crippen LogP contribution in [0.1, 0.15) is 40.0 Å². The normalized spacial score (nSPS) is 22.3. The van der Waals surface area contributed by atoms with Crippen LogP contribution in [0.5, 0.6) is 0 Å². The van der Waals surface area contributed by atoms with Crippen LogP contribution in [-0.4, -0.2) is 58.2 Å². The largest absolute Gasteiger partial charge is 0.377 e. The molecular formula is C14H31N3O3S. The summed E-state index contributed by atoms with van der Waals surface area (Å²) in [5.74, 6) is 0.409. The first-order valence-corrected chi connectivity index (χ1v) is 9.50. The lowest BCUT2D eigenvalue weighted by molar-refractivity contribution is 0.0795. The van der Waals surface area contributed by atoms with E-state index in [1.165, 1.54) is 0 Å². The van der Waals surface area contributed by atoms with Crippen LogP contribution in [0.25, 0.3) is 0 Å². The molecule has 0 saturated carbocycles. The summed E-state index contributed by atoms with van der Waals surface area (Å²) in [4.78, 5) is 0. The minimum absolute atomic E-state index is 0.100. The van der Waals surface area contributed by atoms with Crippen molar-refractivity contribution in [1.29, 1.82) is 0 Å². The van der Waals surface area contributed by atoms with Crippen LogP contribution in [0.15, 0.2) is 0 Å². The molecule has 1 rings (SSSR count). The highest BCUT2D eigenvalue weighted by molar-refractivity contribution is 7.87. The molecule has 0 aromatic heterocycles. The molecule has 2 atom stereocenters. The first-order chi connectivity index (χ1) is 9.99. The van der Waals surface area contributed by atoms with Crippen molar-refractivity contribution in [2.75, 3.05) is 39.3 Å². The van der Waals surface area contributed by atoms with Crippen LogP contribution in [0.3, 0.4) is 0 Å². The lowest BCUT2D eigenvalue weighted by atomic mass is 10.00. The third-order valence-corrected chi connectivity index (χ3v) is 5.23. The van der Waals surface area contributed by atoms with Gasteiger partial charge in [-0.2, -0.15) is 17.4 Å². The average Bonchev–Trinajstić information content (AvgIpc) is 2.46. The summed E-state index contributed by atoms with van der Waals surface area (Å²) in [6.07, 6.45) is 3.03. The Labute approximate surface area is 129 Å². The Bertz CT molecular complexity index is 376. The van der Waals surface area contributed by atoms with Crippen LogP contribution < -0.4 is 10.0 Å². The molecule has 0 spiro atoms. The Morgan fingerprint density at radius 3 is 2.81 bits per heavy atom. The van der Waals surface area contributed by atoms with Crippen LogP contribution in [0, 0.1) is 5.92 Å². The van der Waals surface area contributed by atoms with Crippen molar-refractivity contribution < 1.29 is 13.2 Å². The minimum atomic E-state index is -3.38. The molecule has 1 aliphatic rings. The Morgan fingerprint density at radius 2 is 2.14 bits per heavy atom. The molecular weight excluding hydrogens is 290 g/mol. The predicted molar refractivity (Wildman–Crippen MR) is 85.5 cm³/mol. The van der Waals surface area contributed by atoms with Crippen LogP contribution >= 0.6 is 0 Å². The maximum atomic E-state index is 12.3. The van der Waals surface area contributed by atoms with Gasteiger partial charge in [-0.3, -0.25) is 0 Å². The molecule has 6 nitrogen and oxygen atoms in total. The first-order valence-electron chi connectivity index (χ1n) is 8.06. The molecule has 2 unspecified atom stereocenters. The zero-order chi connectivity index (χ0) is 15.7. The van der Waals surface area contributed by atoms with Crippen LogP contribution in [0.4, 0.5) is 0 Å². The fraction of sp³-hybridized carbons (Fsp3) is 1.00. The smallest absolute Gasteiger partial charge is 0.279 e. The molecule has 126 valence electrons. The highest BCUT2D eigenvalue weighted by Crippen LogP contribution is 2.18. The summed E-state index contributed by atoms with van der Waals surface area (Å²) in [6, 6.07) is 0. The van der Waals surface area contributed by atoms with E-state index in [0.717, 1.165) is 32.4 Å². The standard InChI is InChI=1S/C14H31N3O3S/c1-4-8-15-11-14-7-6-9-17(12-14)21(18,19)16-10-13(3)20-5-2/h13-16H,4-12H2,1-3H3. The molecule has 0 aromatic rings. The maximum Gasteiger partial charge on any atom is 0.279 e. The lowest BCUT2D eigenvalue weighted by Gasteiger charge is -2.32. The highest BCUT2D eigenvalue weighted by atomic mass is 32.2. The summed E-state index contributed by atoms with van der Waals surface area (Å²) < 4.78 is 34.2. The Kier molecular flexibility index (Phi) is 8.73. The number of nitrogens with zero attached hydrogens (tertiary/aromatic N) is 1. The van der Waals surface area contributed by atoms with Gasteiger partial charge in [-0.15, -0.1) is 0 Å². The number of rotatable bonds is 10. The lowest BCUT2D eigenvalue weighted by Crippen LogP contribution is -2.49. The Hall–Kier alpha value is -0.210. The van der Waals surface area contributed by atoms with Gasteiger partial charge in [-0.25, -0.2) is 0 Å². The highest BCUT2D eigenvalue weighted by Gasteiger charge is 2.28. The van der Waals surface area contributed by atoms with Crippen molar-refractivity contribution >= 4 is 10.2 Å². The van der Waals surface area contributed by atoms with E-state index in [1.54, 1.807) is 4.31 Å². The van der Waals surface area contributed by atoms with Crippen molar-refractivity contribution in [2.24, 2.45) is 5.92 Å². The second-order valence-electron chi connectivity index (χ2n) is 5.69. The van der Waals surface area contributed by atoms with Gasteiger partial charge in [0.15, 0.2) is 0 Å². The number of ether oxygens (including phenoxy) is 1. The van der Waals surface area contributed by atoms with Crippen molar-refractivity contribution in [3.8, 4) is 0 Å². The topological polar surface area (TPSA) is 70.7 Å². The molecule has 0 bridgehead atoms. The number of piperidine rings is 1. The minimum Gasteiger partial charge on any atom is -0.377 e. The molecule has 1 saturated heterocycles. The van der Waals surface area contributed by atoms with Crippen molar-refractivity contribution in [3.63, 3.8) is 0 Å². The van der Waals surface area contributed by atoms with Crippen LogP contribution in [-0.2, 0) is 14.9 Å². The second-order valence-corrected chi connectivity index (χ2v) is 7.45. The van der Waals surface area contributed by atoms with E-state index in [9.17, 15) is 8.42 Å². The molecule has 1 heterocycles. The van der Waals surface area contributed by atoms with E-state index in [4.69, 9.17) is 4.74 Å². The van der Waals surface area contributed by atoms with Gasteiger partial charge in [0.05, 0.1) is 6.10 Å². The summed E-state index contributed by atoms with van der Waals surface area (Å²) in [6.45, 7) is 9.95. The van der Waals surface area contributed by atoms with Crippen molar-refractivity contribution in [1.82, 2.24) is 14.3 Å². The van der Waals surface area contributed by atoms with Gasteiger partial charge < -0.3 is 10.1 Å². The third-order valence-electron chi connectivity index (χ3n) is 3.69. The second kappa shape index (κ2) is 9.74. The first kappa shape index (κ1) is 18.8. The van der Waals surface area contributed by atoms with Crippen molar-refractivity contribution in [3.05, 3.63) is 0 Å². The Morgan fingerprint density at radius 1 is 1.38 bits per heavy atom. The van der Waals surface area contributed by atoms with E-state index in [0.29, 0.717) is 32.2 Å². The maximum absolute atomic E-state index is 12.3. The zero-order valence-corrected chi connectivity index (χ0v) is 14.4. The number of hydrogen-bond donors (Lipinski definition) is 2. The zero-order valence-electron chi connectivity index (χ0n) is 13.6. The fourth-order valence-corrected chi connectivity index (χ4v) is 3.96. The number of hydrogen-bond acceptors (Lipinski definition) is 4. The number of nitrogens with one attached hydrogen (secondary N) is 2. The molecule has 0 radical (unpaired) electrons. The van der Waals surface area contributed by atoms with E-state index >= 15 is 0 Å². The molecule has 0 aliphatic carbocycles. The van der Waals surface area contributed by atoms with E-state index in [-0.39, 0.29) is 6.10 Å². The van der Waals surface area contributed by atoms with Gasteiger partial charge in [-0.1, -0.05) is 6.92 Å². The molecule has 7 heteroatoms. The molecule has 1 fully saturated rings. The van der Waals surface area contributed by atoms with E-state index in [1.807, 2.05) is 13.8 Å². The van der Waals surface area contributed by atoms with E-state index in [2.05, 4.69) is 17.0 Å². The third kappa shape index (κ3) is 7.06. The van der Waals surface area contributed by atoms with E-state index < -0.39 is 10.2 Å². The van der Waals surface area contributed by atoms with Gasteiger partial charge in [-0.05, 0) is 52.1 Å². The molecule has 0 amide bonds. The van der Waals surface area contributed by atoms with Gasteiger partial charge >= 0.3 is 0 Å². The quantitative estimate of drug-likeness (QED) is 0.588. The Balaban J connectivity index is 2.42. The van der Waals surface area contributed by atoms with Crippen LogP contribution in [0.2, 0.25) is 0 Å². The van der Waals surface area contributed by atoms with Gasteiger partial charge in [0.1, 0.15) is 0 Å². The molecule has 2 N–H and O–H groups in total. The summed E-state index contributed by atoms with van der Waals surface area (Å²) in [7, 11) is -3.38. The molecule has 0 aromatic carbocycles. The fourth-order valence-electron chi connectivity index (χ4n) is 2.55. The van der Waals surface area contributed by atoms with Gasteiger partial charge in [0.2, 0.25) is 0 Å². The summed E-state index contributed by atoms with van der Waals surface area (Å²) in [5.41, 5.74) is 0. The summed E-state index contributed by atoms with van der Waals surface area (Å²) >= 11 is 0. The SMILES string of the molecule is CCCNCC1CCCN(S(=O)(=O)NCC(C)OCC)C1. The van der Waals surface area contributed by atoms with Gasteiger partial charge in [0, 0.05) is 26.2 Å². The summed E-state index contributed by atoms with van der Waals surface area (Å²) in [5, 5.41) is 3.38.